The molecule has 2 aromatic carbocycles. The largest absolute Gasteiger partial charge is 0.278 e. The highest BCUT2D eigenvalue weighted by atomic mass is 79.9. The van der Waals surface area contributed by atoms with Gasteiger partial charge in [0.15, 0.2) is 0 Å². The Morgan fingerprint density at radius 2 is 1.89 bits per heavy atom. The van der Waals surface area contributed by atoms with Crippen molar-refractivity contribution in [1.82, 2.24) is 0 Å². The second-order valence-electron chi connectivity index (χ2n) is 3.80. The Morgan fingerprint density at radius 3 is 2.56 bits per heavy atom. The first-order valence-corrected chi connectivity index (χ1v) is 6.27. The molecule has 0 fully saturated rings. The number of halogens is 2. The summed E-state index contributed by atoms with van der Waals surface area (Å²) in [6.45, 7) is 1.77. The van der Waals surface area contributed by atoms with Crippen LogP contribution in [0.5, 0.6) is 0 Å². The normalized spacial score (nSPS) is 11.4. The van der Waals surface area contributed by atoms with E-state index in [4.69, 9.17) is 0 Å². The van der Waals surface area contributed by atoms with E-state index in [-0.39, 0.29) is 5.82 Å². The van der Waals surface area contributed by atoms with E-state index in [1.54, 1.807) is 19.1 Å². The molecule has 18 heavy (non-hydrogen) atoms. The monoisotopic (exact) mass is 306 g/mol. The van der Waals surface area contributed by atoms with Crippen LogP contribution in [0.3, 0.4) is 0 Å². The first-order valence-electron chi connectivity index (χ1n) is 5.47. The van der Waals surface area contributed by atoms with Gasteiger partial charge in [0.1, 0.15) is 5.82 Å². The Bertz CT molecular complexity index is 567. The van der Waals surface area contributed by atoms with Gasteiger partial charge in [-0.1, -0.05) is 34.1 Å². The molecule has 0 atom stereocenters. The van der Waals surface area contributed by atoms with Gasteiger partial charge < -0.3 is 0 Å². The molecule has 0 saturated carbocycles. The maximum Gasteiger partial charge on any atom is 0.133 e. The molecule has 2 nitrogen and oxygen atoms in total. The lowest BCUT2D eigenvalue weighted by molar-refractivity contribution is 0.624. The standard InChI is InChI=1S/C14H12BrFN2/c1-10(13-8-7-11(15)9-14(13)16)17-18-12-5-3-2-4-6-12/h2-9,18H,1H3/b17-10-. The van der Waals surface area contributed by atoms with Crippen molar-refractivity contribution in [2.45, 2.75) is 6.92 Å². The third-order valence-corrected chi connectivity index (χ3v) is 2.94. The van der Waals surface area contributed by atoms with Crippen LogP contribution in [-0.4, -0.2) is 5.71 Å². The van der Waals surface area contributed by atoms with Crippen molar-refractivity contribution in [1.29, 1.82) is 0 Å². The minimum Gasteiger partial charge on any atom is -0.278 e. The van der Waals surface area contributed by atoms with Crippen LogP contribution in [0.1, 0.15) is 12.5 Å². The molecular formula is C14H12BrFN2. The van der Waals surface area contributed by atoms with Gasteiger partial charge in [-0.3, -0.25) is 5.43 Å². The van der Waals surface area contributed by atoms with Crippen molar-refractivity contribution in [3.8, 4) is 0 Å². The van der Waals surface area contributed by atoms with Crippen molar-refractivity contribution in [3.05, 3.63) is 64.4 Å². The first-order chi connectivity index (χ1) is 8.66. The summed E-state index contributed by atoms with van der Waals surface area (Å²) in [6, 6.07) is 14.5. The van der Waals surface area contributed by atoms with Gasteiger partial charge in [-0.05, 0) is 37.3 Å². The highest BCUT2D eigenvalue weighted by molar-refractivity contribution is 9.10. The summed E-state index contributed by atoms with van der Waals surface area (Å²) < 4.78 is 14.4. The van der Waals surface area contributed by atoms with Crippen molar-refractivity contribution < 1.29 is 4.39 Å². The molecule has 4 heteroatoms. The van der Waals surface area contributed by atoms with E-state index in [0.717, 1.165) is 5.69 Å². The number of rotatable bonds is 3. The van der Waals surface area contributed by atoms with Crippen LogP contribution < -0.4 is 5.43 Å². The summed E-state index contributed by atoms with van der Waals surface area (Å²) >= 11 is 3.23. The third kappa shape index (κ3) is 3.17. The second-order valence-corrected chi connectivity index (χ2v) is 4.71. The molecule has 0 spiro atoms. The number of nitrogens with zero attached hydrogens (tertiary/aromatic N) is 1. The molecule has 0 bridgehead atoms. The minimum absolute atomic E-state index is 0.291. The lowest BCUT2D eigenvalue weighted by Gasteiger charge is -2.05. The predicted octanol–water partition coefficient (Wildman–Crippen LogP) is 4.42. The van der Waals surface area contributed by atoms with Gasteiger partial charge in [-0.2, -0.15) is 5.10 Å². The van der Waals surface area contributed by atoms with Crippen LogP contribution in [0.15, 0.2) is 58.1 Å². The number of para-hydroxylation sites is 1. The SMILES string of the molecule is C/C(=N/Nc1ccccc1)c1ccc(Br)cc1F. The molecule has 0 unspecified atom stereocenters. The highest BCUT2D eigenvalue weighted by Gasteiger charge is 2.05. The smallest absolute Gasteiger partial charge is 0.133 e. The number of hydrazone groups is 1. The topological polar surface area (TPSA) is 24.4 Å². The Labute approximate surface area is 114 Å². The molecule has 92 valence electrons. The number of benzene rings is 2. The quantitative estimate of drug-likeness (QED) is 0.658. The van der Waals surface area contributed by atoms with Crippen LogP contribution in [0.2, 0.25) is 0 Å². The van der Waals surface area contributed by atoms with E-state index in [1.807, 2.05) is 30.3 Å². The Balaban J connectivity index is 2.18. The summed E-state index contributed by atoms with van der Waals surface area (Å²) in [4.78, 5) is 0. The molecule has 2 rings (SSSR count). The van der Waals surface area contributed by atoms with Crippen LogP contribution >= 0.6 is 15.9 Å². The van der Waals surface area contributed by atoms with Crippen LogP contribution in [0.4, 0.5) is 10.1 Å². The van der Waals surface area contributed by atoms with Crippen molar-refractivity contribution in [2.75, 3.05) is 5.43 Å². The van der Waals surface area contributed by atoms with E-state index >= 15 is 0 Å². The van der Waals surface area contributed by atoms with E-state index < -0.39 is 0 Å². The molecule has 0 aromatic heterocycles. The van der Waals surface area contributed by atoms with Crippen molar-refractivity contribution >= 4 is 27.3 Å². The molecule has 0 heterocycles. The van der Waals surface area contributed by atoms with Gasteiger partial charge in [-0.15, -0.1) is 0 Å². The van der Waals surface area contributed by atoms with Crippen molar-refractivity contribution in [2.24, 2.45) is 5.10 Å². The summed E-state index contributed by atoms with van der Waals surface area (Å²) in [5, 5.41) is 4.17. The maximum absolute atomic E-state index is 13.7. The Morgan fingerprint density at radius 1 is 1.17 bits per heavy atom. The van der Waals surface area contributed by atoms with Gasteiger partial charge in [0.25, 0.3) is 0 Å². The summed E-state index contributed by atoms with van der Waals surface area (Å²) in [7, 11) is 0. The molecule has 0 aliphatic rings. The van der Waals surface area contributed by atoms with E-state index in [0.29, 0.717) is 15.7 Å². The van der Waals surface area contributed by atoms with Crippen LogP contribution in [0.25, 0.3) is 0 Å². The average molecular weight is 307 g/mol. The molecule has 0 radical (unpaired) electrons. The number of nitrogens with one attached hydrogen (secondary N) is 1. The van der Waals surface area contributed by atoms with E-state index in [1.165, 1.54) is 6.07 Å². The van der Waals surface area contributed by atoms with E-state index in [2.05, 4.69) is 26.5 Å². The lowest BCUT2D eigenvalue weighted by Crippen LogP contribution is -2.02. The molecule has 0 aliphatic carbocycles. The number of hydrogen-bond donors (Lipinski definition) is 1. The van der Waals surface area contributed by atoms with Gasteiger partial charge in [0.05, 0.1) is 11.4 Å². The zero-order valence-corrected chi connectivity index (χ0v) is 11.4. The molecule has 0 amide bonds. The Hall–Kier alpha value is -1.68. The fraction of sp³-hybridized carbons (Fsp3) is 0.0714. The van der Waals surface area contributed by atoms with Crippen molar-refractivity contribution in [3.63, 3.8) is 0 Å². The zero-order valence-electron chi connectivity index (χ0n) is 9.82. The number of hydrogen-bond acceptors (Lipinski definition) is 2. The fourth-order valence-electron chi connectivity index (χ4n) is 1.50. The first kappa shape index (κ1) is 12.8. The Kier molecular flexibility index (Phi) is 4.10. The van der Waals surface area contributed by atoms with Gasteiger partial charge in [0.2, 0.25) is 0 Å². The van der Waals surface area contributed by atoms with Gasteiger partial charge in [0, 0.05) is 10.0 Å². The molecular weight excluding hydrogens is 295 g/mol. The molecule has 0 saturated heterocycles. The highest BCUT2D eigenvalue weighted by Crippen LogP contribution is 2.16. The zero-order chi connectivity index (χ0) is 13.0. The predicted molar refractivity (Wildman–Crippen MR) is 76.4 cm³/mol. The number of anilines is 1. The fourth-order valence-corrected chi connectivity index (χ4v) is 1.84. The molecule has 2 aromatic rings. The van der Waals surface area contributed by atoms with Gasteiger partial charge >= 0.3 is 0 Å². The van der Waals surface area contributed by atoms with Crippen LogP contribution in [-0.2, 0) is 0 Å². The summed E-state index contributed by atoms with van der Waals surface area (Å²) in [5.74, 6) is -0.291. The summed E-state index contributed by atoms with van der Waals surface area (Å²) in [6.07, 6.45) is 0. The molecule has 0 aliphatic heterocycles. The minimum atomic E-state index is -0.291. The second kappa shape index (κ2) is 5.78. The molecule has 1 N–H and O–H groups in total. The van der Waals surface area contributed by atoms with Crippen LogP contribution in [0, 0.1) is 5.82 Å². The van der Waals surface area contributed by atoms with Gasteiger partial charge in [-0.25, -0.2) is 4.39 Å². The summed E-state index contributed by atoms with van der Waals surface area (Å²) in [5.41, 5.74) is 4.85. The van der Waals surface area contributed by atoms with E-state index in [9.17, 15) is 4.39 Å². The average Bonchev–Trinajstić information content (AvgIpc) is 2.37. The maximum atomic E-state index is 13.7. The third-order valence-electron chi connectivity index (χ3n) is 2.45. The lowest BCUT2D eigenvalue weighted by atomic mass is 10.1.